The lowest BCUT2D eigenvalue weighted by molar-refractivity contribution is 0.0420. The largest absolute Gasteiger partial charge is 0.393 e. The average Bonchev–Trinajstić information content (AvgIpc) is 2.41. The van der Waals surface area contributed by atoms with Gasteiger partial charge in [-0.2, -0.15) is 0 Å². The van der Waals surface area contributed by atoms with Gasteiger partial charge in [0.05, 0.1) is 6.10 Å². The molecule has 1 fully saturated rings. The zero-order valence-electron chi connectivity index (χ0n) is 11.0. The summed E-state index contributed by atoms with van der Waals surface area (Å²) < 4.78 is 0. The molecule has 4 heteroatoms. The SMILES string of the molecule is O=C(NCC1CC(O)C1)c1ccc2c(c1)CCCN2. The summed E-state index contributed by atoms with van der Waals surface area (Å²) in [5.41, 5.74) is 3.13. The van der Waals surface area contributed by atoms with Gasteiger partial charge in [0, 0.05) is 24.3 Å². The van der Waals surface area contributed by atoms with E-state index in [0.717, 1.165) is 43.5 Å². The van der Waals surface area contributed by atoms with Crippen LogP contribution in [-0.2, 0) is 6.42 Å². The number of aryl methyl sites for hydroxylation is 1. The molecule has 1 aromatic carbocycles. The molecule has 0 radical (unpaired) electrons. The number of hydrogen-bond acceptors (Lipinski definition) is 3. The first kappa shape index (κ1) is 12.5. The van der Waals surface area contributed by atoms with Gasteiger partial charge in [-0.15, -0.1) is 0 Å². The molecule has 0 atom stereocenters. The second-order valence-electron chi connectivity index (χ2n) is 5.60. The monoisotopic (exact) mass is 260 g/mol. The molecule has 1 heterocycles. The predicted molar refractivity (Wildman–Crippen MR) is 74.3 cm³/mol. The molecule has 2 aliphatic rings. The number of carbonyl (C=O) groups excluding carboxylic acids is 1. The minimum atomic E-state index is -0.156. The zero-order valence-corrected chi connectivity index (χ0v) is 11.0. The highest BCUT2D eigenvalue weighted by Crippen LogP contribution is 2.26. The van der Waals surface area contributed by atoms with Crippen molar-refractivity contribution in [1.82, 2.24) is 5.32 Å². The van der Waals surface area contributed by atoms with E-state index in [-0.39, 0.29) is 12.0 Å². The van der Waals surface area contributed by atoms with Crippen LogP contribution in [0.2, 0.25) is 0 Å². The lowest BCUT2D eigenvalue weighted by Gasteiger charge is -2.31. The van der Waals surface area contributed by atoms with Gasteiger partial charge in [-0.3, -0.25) is 4.79 Å². The van der Waals surface area contributed by atoms with Crippen molar-refractivity contribution in [3.63, 3.8) is 0 Å². The maximum absolute atomic E-state index is 12.1. The molecule has 0 saturated heterocycles. The molecule has 0 aromatic heterocycles. The molecule has 102 valence electrons. The van der Waals surface area contributed by atoms with Gasteiger partial charge in [-0.1, -0.05) is 0 Å². The van der Waals surface area contributed by atoms with E-state index in [1.807, 2.05) is 18.2 Å². The van der Waals surface area contributed by atoms with Crippen molar-refractivity contribution < 1.29 is 9.90 Å². The number of benzene rings is 1. The first-order valence-corrected chi connectivity index (χ1v) is 7.05. The normalized spacial score (nSPS) is 24.9. The number of amides is 1. The fraction of sp³-hybridized carbons (Fsp3) is 0.533. The number of aliphatic hydroxyl groups is 1. The van der Waals surface area contributed by atoms with Crippen LogP contribution in [0.15, 0.2) is 18.2 Å². The van der Waals surface area contributed by atoms with Gasteiger partial charge in [0.15, 0.2) is 0 Å². The Labute approximate surface area is 113 Å². The van der Waals surface area contributed by atoms with Crippen LogP contribution < -0.4 is 10.6 Å². The summed E-state index contributed by atoms with van der Waals surface area (Å²) >= 11 is 0. The van der Waals surface area contributed by atoms with Gasteiger partial charge in [-0.05, 0) is 55.4 Å². The summed E-state index contributed by atoms with van der Waals surface area (Å²) in [5.74, 6) is 0.438. The predicted octanol–water partition coefficient (Wildman–Crippen LogP) is 1.55. The molecule has 1 aliphatic carbocycles. The van der Waals surface area contributed by atoms with E-state index in [2.05, 4.69) is 10.6 Å². The van der Waals surface area contributed by atoms with E-state index >= 15 is 0 Å². The number of nitrogens with one attached hydrogen (secondary N) is 2. The van der Waals surface area contributed by atoms with Gasteiger partial charge < -0.3 is 15.7 Å². The van der Waals surface area contributed by atoms with Crippen LogP contribution >= 0.6 is 0 Å². The number of anilines is 1. The van der Waals surface area contributed by atoms with Crippen LogP contribution in [0.5, 0.6) is 0 Å². The van der Waals surface area contributed by atoms with Crippen LogP contribution in [0, 0.1) is 5.92 Å². The van der Waals surface area contributed by atoms with Gasteiger partial charge in [0.2, 0.25) is 0 Å². The topological polar surface area (TPSA) is 61.4 Å². The van der Waals surface area contributed by atoms with Crippen molar-refractivity contribution in [3.8, 4) is 0 Å². The molecular formula is C15H20N2O2. The van der Waals surface area contributed by atoms with Crippen molar-refractivity contribution in [2.24, 2.45) is 5.92 Å². The number of fused-ring (bicyclic) bond motifs is 1. The summed E-state index contributed by atoms with van der Waals surface area (Å²) in [6.07, 6.45) is 3.63. The van der Waals surface area contributed by atoms with Crippen molar-refractivity contribution in [3.05, 3.63) is 29.3 Å². The van der Waals surface area contributed by atoms with Crippen LogP contribution in [0.25, 0.3) is 0 Å². The molecule has 1 amide bonds. The van der Waals surface area contributed by atoms with Crippen LogP contribution in [0.1, 0.15) is 35.2 Å². The zero-order chi connectivity index (χ0) is 13.2. The lowest BCUT2D eigenvalue weighted by atomic mass is 9.82. The lowest BCUT2D eigenvalue weighted by Crippen LogP contribution is -2.38. The summed E-state index contributed by atoms with van der Waals surface area (Å²) in [5, 5.41) is 15.5. The summed E-state index contributed by atoms with van der Waals surface area (Å²) in [7, 11) is 0. The molecule has 1 aromatic rings. The highest BCUT2D eigenvalue weighted by molar-refractivity contribution is 5.95. The van der Waals surface area contributed by atoms with E-state index in [0.29, 0.717) is 12.5 Å². The Kier molecular flexibility index (Phi) is 3.42. The summed E-state index contributed by atoms with van der Waals surface area (Å²) in [6, 6.07) is 5.87. The minimum absolute atomic E-state index is 0.00485. The Morgan fingerprint density at radius 1 is 1.42 bits per heavy atom. The molecule has 0 spiro atoms. The van der Waals surface area contributed by atoms with Crippen LogP contribution in [0.3, 0.4) is 0 Å². The Morgan fingerprint density at radius 2 is 2.26 bits per heavy atom. The summed E-state index contributed by atoms with van der Waals surface area (Å²) in [6.45, 7) is 1.69. The van der Waals surface area contributed by atoms with Crippen molar-refractivity contribution >= 4 is 11.6 Å². The quantitative estimate of drug-likeness (QED) is 0.772. The average molecular weight is 260 g/mol. The standard InChI is InChI=1S/C15H20N2O2/c18-13-6-10(7-13)9-17-15(19)12-3-4-14-11(8-12)2-1-5-16-14/h3-4,8,10,13,16,18H,1-2,5-7,9H2,(H,17,19). The minimum Gasteiger partial charge on any atom is -0.393 e. The third-order valence-corrected chi connectivity index (χ3v) is 4.07. The second kappa shape index (κ2) is 5.21. The third kappa shape index (κ3) is 2.73. The third-order valence-electron chi connectivity index (χ3n) is 4.07. The Morgan fingerprint density at radius 3 is 3.05 bits per heavy atom. The molecule has 0 unspecified atom stereocenters. The Hall–Kier alpha value is -1.55. The molecule has 0 bridgehead atoms. The maximum Gasteiger partial charge on any atom is 0.251 e. The fourth-order valence-corrected chi connectivity index (χ4v) is 2.82. The smallest absolute Gasteiger partial charge is 0.251 e. The van der Waals surface area contributed by atoms with Gasteiger partial charge in [0.1, 0.15) is 0 Å². The van der Waals surface area contributed by atoms with E-state index in [1.165, 1.54) is 5.56 Å². The number of aliphatic hydroxyl groups excluding tert-OH is 1. The molecule has 3 rings (SSSR count). The van der Waals surface area contributed by atoms with Crippen molar-refractivity contribution in [2.75, 3.05) is 18.4 Å². The maximum atomic E-state index is 12.1. The Balaban J connectivity index is 1.60. The second-order valence-corrected chi connectivity index (χ2v) is 5.60. The first-order chi connectivity index (χ1) is 9.22. The number of rotatable bonds is 3. The number of carbonyl (C=O) groups is 1. The van der Waals surface area contributed by atoms with E-state index in [1.54, 1.807) is 0 Å². The molecular weight excluding hydrogens is 240 g/mol. The van der Waals surface area contributed by atoms with Gasteiger partial charge in [-0.25, -0.2) is 0 Å². The molecule has 1 aliphatic heterocycles. The van der Waals surface area contributed by atoms with E-state index in [4.69, 9.17) is 0 Å². The molecule has 1 saturated carbocycles. The highest BCUT2D eigenvalue weighted by Gasteiger charge is 2.27. The van der Waals surface area contributed by atoms with E-state index in [9.17, 15) is 9.90 Å². The fourth-order valence-electron chi connectivity index (χ4n) is 2.82. The van der Waals surface area contributed by atoms with E-state index < -0.39 is 0 Å². The molecule has 19 heavy (non-hydrogen) atoms. The Bertz CT molecular complexity index is 481. The van der Waals surface area contributed by atoms with Crippen LogP contribution in [-0.4, -0.2) is 30.2 Å². The molecule has 3 N–H and O–H groups in total. The summed E-state index contributed by atoms with van der Waals surface area (Å²) in [4.78, 5) is 12.1. The van der Waals surface area contributed by atoms with Crippen molar-refractivity contribution in [2.45, 2.75) is 31.8 Å². The molecule has 4 nitrogen and oxygen atoms in total. The van der Waals surface area contributed by atoms with Gasteiger partial charge in [0.25, 0.3) is 5.91 Å². The van der Waals surface area contributed by atoms with Crippen LogP contribution in [0.4, 0.5) is 5.69 Å². The first-order valence-electron chi connectivity index (χ1n) is 7.05. The number of hydrogen-bond donors (Lipinski definition) is 3. The van der Waals surface area contributed by atoms with Crippen molar-refractivity contribution in [1.29, 1.82) is 0 Å². The highest BCUT2D eigenvalue weighted by atomic mass is 16.3. The van der Waals surface area contributed by atoms with Gasteiger partial charge >= 0.3 is 0 Å².